The van der Waals surface area contributed by atoms with Crippen molar-refractivity contribution in [1.29, 1.82) is 0 Å². The van der Waals surface area contributed by atoms with E-state index in [2.05, 4.69) is 0 Å². The summed E-state index contributed by atoms with van der Waals surface area (Å²) in [6, 6.07) is 6.02. The molecule has 0 aliphatic rings. The number of alkyl halides is 2. The van der Waals surface area contributed by atoms with E-state index >= 15 is 0 Å². The fourth-order valence-electron chi connectivity index (χ4n) is 0.987. The highest BCUT2D eigenvalue weighted by Crippen LogP contribution is 2.25. The molecule has 1 rings (SSSR count). The molecule has 16 heavy (non-hydrogen) atoms. The van der Waals surface area contributed by atoms with Crippen LogP contribution in [0.2, 0.25) is 0 Å². The fraction of sp³-hybridized carbons (Fsp3) is 0.100. The molecule has 86 valence electrons. The summed E-state index contributed by atoms with van der Waals surface area (Å²) in [7, 11) is 0. The first-order valence-corrected chi connectivity index (χ1v) is 5.12. The van der Waals surface area contributed by atoms with Crippen molar-refractivity contribution in [1.82, 2.24) is 0 Å². The lowest BCUT2D eigenvalue weighted by atomic mass is 10.2. The van der Waals surface area contributed by atoms with Crippen LogP contribution in [0.4, 0.5) is 8.78 Å². The molecule has 0 atom stereocenters. The maximum atomic E-state index is 12.0. The Bertz CT molecular complexity index is 404. The van der Waals surface area contributed by atoms with Crippen LogP contribution in [0.25, 0.3) is 6.08 Å². The van der Waals surface area contributed by atoms with Gasteiger partial charge in [-0.15, -0.1) is 0 Å². The van der Waals surface area contributed by atoms with Crippen molar-refractivity contribution in [2.45, 2.75) is 10.7 Å². The van der Waals surface area contributed by atoms with E-state index in [-0.39, 0.29) is 5.70 Å². The van der Waals surface area contributed by atoms with Crippen molar-refractivity contribution in [2.24, 2.45) is 5.73 Å². The zero-order chi connectivity index (χ0) is 12.1. The number of benzene rings is 1. The third-order valence-electron chi connectivity index (χ3n) is 1.67. The molecule has 0 bridgehead atoms. The Morgan fingerprint density at radius 1 is 1.38 bits per heavy atom. The minimum atomic E-state index is -2.47. The predicted octanol–water partition coefficient (Wildman–Crippen LogP) is 2.39. The third kappa shape index (κ3) is 3.90. The average molecular weight is 245 g/mol. The van der Waals surface area contributed by atoms with Crippen LogP contribution in [0, 0.1) is 0 Å². The summed E-state index contributed by atoms with van der Waals surface area (Å²) in [6.07, 6.45) is 1.26. The molecular formula is C10H9F2NO2S. The van der Waals surface area contributed by atoms with Crippen LogP contribution in [-0.2, 0) is 4.79 Å². The van der Waals surface area contributed by atoms with Crippen LogP contribution in [0.15, 0.2) is 34.9 Å². The number of hydrogen-bond donors (Lipinski definition) is 2. The summed E-state index contributed by atoms with van der Waals surface area (Å²) in [4.78, 5) is 10.8. The summed E-state index contributed by atoms with van der Waals surface area (Å²) in [5, 5.41) is 8.52. The predicted molar refractivity (Wildman–Crippen MR) is 58.1 cm³/mol. The number of hydrogen-bond acceptors (Lipinski definition) is 3. The van der Waals surface area contributed by atoms with E-state index < -0.39 is 11.7 Å². The second kappa shape index (κ2) is 5.50. The van der Waals surface area contributed by atoms with Gasteiger partial charge < -0.3 is 10.8 Å². The Kier molecular flexibility index (Phi) is 4.30. The molecule has 0 unspecified atom stereocenters. The van der Waals surface area contributed by atoms with Crippen LogP contribution in [-0.4, -0.2) is 16.8 Å². The summed E-state index contributed by atoms with van der Waals surface area (Å²) in [6.45, 7) is 0. The first kappa shape index (κ1) is 12.5. The lowest BCUT2D eigenvalue weighted by molar-refractivity contribution is -0.132. The minimum absolute atomic E-state index is 0.297. The largest absolute Gasteiger partial charge is 0.477 e. The lowest BCUT2D eigenvalue weighted by Crippen LogP contribution is -2.09. The lowest BCUT2D eigenvalue weighted by Gasteiger charge is -2.00. The topological polar surface area (TPSA) is 63.3 Å². The van der Waals surface area contributed by atoms with Gasteiger partial charge in [0.05, 0.1) is 0 Å². The fourth-order valence-corrected chi connectivity index (χ4v) is 1.49. The van der Waals surface area contributed by atoms with E-state index in [1.54, 1.807) is 0 Å². The average Bonchev–Trinajstić information content (AvgIpc) is 2.20. The molecule has 1 aromatic carbocycles. The van der Waals surface area contributed by atoms with Crippen molar-refractivity contribution in [2.75, 3.05) is 0 Å². The molecule has 0 saturated carbocycles. The Morgan fingerprint density at radius 3 is 2.38 bits per heavy atom. The zero-order valence-corrected chi connectivity index (χ0v) is 8.88. The van der Waals surface area contributed by atoms with Gasteiger partial charge in [0, 0.05) is 4.90 Å². The van der Waals surface area contributed by atoms with Crippen LogP contribution in [0.3, 0.4) is 0 Å². The number of carboxylic acid groups (broad SMARTS) is 1. The number of halogens is 2. The molecular weight excluding hydrogens is 236 g/mol. The van der Waals surface area contributed by atoms with E-state index in [9.17, 15) is 13.6 Å². The Labute approximate surface area is 95.0 Å². The number of nitrogens with two attached hydrogens (primary N) is 1. The molecule has 0 fully saturated rings. The van der Waals surface area contributed by atoms with E-state index in [1.165, 1.54) is 30.3 Å². The van der Waals surface area contributed by atoms with E-state index in [4.69, 9.17) is 10.8 Å². The number of aliphatic carboxylic acids is 1. The molecule has 0 aromatic heterocycles. The standard InChI is InChI=1S/C10H9F2NO2S/c11-10(12)16-7-3-1-6(2-4-7)5-8(13)9(14)15/h1-5,10H,13H2,(H,14,15)/b8-5+. The Morgan fingerprint density at radius 2 is 1.94 bits per heavy atom. The Balaban J connectivity index is 2.79. The molecule has 6 heteroatoms. The molecule has 0 spiro atoms. The Hall–Kier alpha value is -1.56. The number of carboxylic acids is 1. The van der Waals surface area contributed by atoms with E-state index in [0.717, 1.165) is 0 Å². The van der Waals surface area contributed by atoms with Crippen LogP contribution in [0.1, 0.15) is 5.56 Å². The number of rotatable bonds is 4. The third-order valence-corrected chi connectivity index (χ3v) is 2.40. The number of thioether (sulfide) groups is 1. The SMILES string of the molecule is N/C(=C/c1ccc(SC(F)F)cc1)C(=O)O. The quantitative estimate of drug-likeness (QED) is 0.631. The van der Waals surface area contributed by atoms with Gasteiger partial charge in [-0.1, -0.05) is 23.9 Å². The second-order valence-corrected chi connectivity index (χ2v) is 3.92. The zero-order valence-electron chi connectivity index (χ0n) is 8.06. The van der Waals surface area contributed by atoms with Gasteiger partial charge in [0.1, 0.15) is 5.70 Å². The summed E-state index contributed by atoms with van der Waals surface area (Å²) < 4.78 is 24.0. The minimum Gasteiger partial charge on any atom is -0.477 e. The van der Waals surface area contributed by atoms with Crippen molar-refractivity contribution in [3.8, 4) is 0 Å². The van der Waals surface area contributed by atoms with Gasteiger partial charge >= 0.3 is 5.97 Å². The molecule has 3 N–H and O–H groups in total. The van der Waals surface area contributed by atoms with Crippen LogP contribution >= 0.6 is 11.8 Å². The smallest absolute Gasteiger partial charge is 0.351 e. The first-order valence-electron chi connectivity index (χ1n) is 4.24. The highest BCUT2D eigenvalue weighted by Gasteiger charge is 2.05. The number of carbonyl (C=O) groups is 1. The van der Waals surface area contributed by atoms with E-state index in [1.807, 2.05) is 0 Å². The summed E-state index contributed by atoms with van der Waals surface area (Å²) >= 11 is 0.431. The van der Waals surface area contributed by atoms with Crippen molar-refractivity contribution < 1.29 is 18.7 Å². The van der Waals surface area contributed by atoms with Gasteiger partial charge in [-0.3, -0.25) is 0 Å². The van der Waals surface area contributed by atoms with E-state index in [0.29, 0.717) is 22.2 Å². The van der Waals surface area contributed by atoms with Gasteiger partial charge in [-0.05, 0) is 23.8 Å². The molecule has 1 aromatic rings. The maximum Gasteiger partial charge on any atom is 0.351 e. The van der Waals surface area contributed by atoms with Crippen LogP contribution in [0.5, 0.6) is 0 Å². The highest BCUT2D eigenvalue weighted by molar-refractivity contribution is 7.99. The molecule has 0 amide bonds. The normalized spacial score (nSPS) is 11.8. The molecule has 0 radical (unpaired) electrons. The van der Waals surface area contributed by atoms with Gasteiger partial charge in [0.15, 0.2) is 0 Å². The molecule has 3 nitrogen and oxygen atoms in total. The second-order valence-electron chi connectivity index (χ2n) is 2.85. The molecule has 0 aliphatic carbocycles. The van der Waals surface area contributed by atoms with Crippen molar-refractivity contribution in [3.05, 3.63) is 35.5 Å². The van der Waals surface area contributed by atoms with Crippen molar-refractivity contribution >= 4 is 23.8 Å². The molecule has 0 saturated heterocycles. The van der Waals surface area contributed by atoms with Gasteiger partial charge in [-0.2, -0.15) is 8.78 Å². The molecule has 0 heterocycles. The van der Waals surface area contributed by atoms with Crippen LogP contribution < -0.4 is 5.73 Å². The monoisotopic (exact) mass is 245 g/mol. The van der Waals surface area contributed by atoms with Crippen molar-refractivity contribution in [3.63, 3.8) is 0 Å². The summed E-state index contributed by atoms with van der Waals surface area (Å²) in [5.41, 5.74) is 5.46. The highest BCUT2D eigenvalue weighted by atomic mass is 32.2. The molecule has 0 aliphatic heterocycles. The van der Waals surface area contributed by atoms with Gasteiger partial charge in [-0.25, -0.2) is 4.79 Å². The maximum absolute atomic E-state index is 12.0. The van der Waals surface area contributed by atoms with Gasteiger partial charge in [0.25, 0.3) is 5.76 Å². The summed E-state index contributed by atoms with van der Waals surface area (Å²) in [5.74, 6) is -3.68. The van der Waals surface area contributed by atoms with Gasteiger partial charge in [0.2, 0.25) is 0 Å². The first-order chi connectivity index (χ1) is 7.49.